The number of benzene rings is 5. The molecule has 0 aromatic heterocycles. The quantitative estimate of drug-likeness (QED) is 0.193. The Morgan fingerprint density at radius 2 is 1.30 bits per heavy atom. The van der Waals surface area contributed by atoms with E-state index >= 15 is 0 Å². The molecule has 2 nitrogen and oxygen atoms in total. The van der Waals surface area contributed by atoms with Gasteiger partial charge in [-0.2, -0.15) is 0 Å². The molecule has 0 aliphatic heterocycles. The van der Waals surface area contributed by atoms with Gasteiger partial charge in [0.25, 0.3) is 0 Å². The molecule has 3 aliphatic carbocycles. The van der Waals surface area contributed by atoms with Gasteiger partial charge in [0.15, 0.2) is 0 Å². The lowest BCUT2D eigenvalue weighted by molar-refractivity contribution is 0.621. The predicted octanol–water partition coefficient (Wildman–Crippen LogP) is 9.50. The molecule has 2 atom stereocenters. The third-order valence-corrected chi connectivity index (χ3v) is 9.54. The van der Waals surface area contributed by atoms with Crippen molar-refractivity contribution in [1.29, 1.82) is 0 Å². The van der Waals surface area contributed by atoms with E-state index in [0.717, 1.165) is 29.7 Å². The van der Waals surface area contributed by atoms with E-state index in [1.165, 1.54) is 44.5 Å². The van der Waals surface area contributed by atoms with Gasteiger partial charge >= 0.3 is 0 Å². The maximum Gasteiger partial charge on any atom is 0.139 e. The number of nitrogens with two attached hydrogens (primary N) is 1. The van der Waals surface area contributed by atoms with Gasteiger partial charge in [0.05, 0.1) is 5.41 Å². The maximum absolute atomic E-state index is 7.50. The Morgan fingerprint density at radius 3 is 2.07 bits per heavy atom. The molecule has 5 aromatic rings. The first-order valence-electron chi connectivity index (χ1n) is 15.4. The number of allylic oxidation sites excluding steroid dienone is 8. The summed E-state index contributed by atoms with van der Waals surface area (Å²) in [4.78, 5) is 0. The van der Waals surface area contributed by atoms with Crippen LogP contribution in [0.5, 0.6) is 0 Å². The monoisotopic (exact) mass is 566 g/mol. The molecule has 0 heterocycles. The molecule has 0 spiro atoms. The number of hydrogen-bond acceptors (Lipinski definition) is 2. The highest BCUT2D eigenvalue weighted by Gasteiger charge is 2.47. The Hall–Kier alpha value is -5.18. The summed E-state index contributed by atoms with van der Waals surface area (Å²) in [5.74, 6) is 0. The lowest BCUT2D eigenvalue weighted by atomic mass is 9.67. The minimum Gasteiger partial charge on any atom is -0.360 e. The predicted molar refractivity (Wildman–Crippen MR) is 183 cm³/mol. The minimum atomic E-state index is -0.951. The molecule has 0 saturated carbocycles. The SMILES string of the molecule is NC(Nc1ccc2c(c1)C(C1=CC=CC1)(c1ccccc1)c1ccccc1-2)(c1ccccc1)c1cccc(C2=CC=CC2)c1. The Balaban J connectivity index is 1.31. The van der Waals surface area contributed by atoms with E-state index in [9.17, 15) is 0 Å². The largest absolute Gasteiger partial charge is 0.360 e. The fourth-order valence-corrected chi connectivity index (χ4v) is 7.48. The fraction of sp³-hybridized carbons (Fsp3) is 0.0952. The van der Waals surface area contributed by atoms with Gasteiger partial charge in [-0.1, -0.05) is 146 Å². The highest BCUT2D eigenvalue weighted by molar-refractivity contribution is 5.88. The average molecular weight is 567 g/mol. The summed E-state index contributed by atoms with van der Waals surface area (Å²) < 4.78 is 0. The van der Waals surface area contributed by atoms with Crippen LogP contribution in [-0.2, 0) is 11.1 Å². The van der Waals surface area contributed by atoms with Crippen molar-refractivity contribution in [2.75, 3.05) is 5.32 Å². The van der Waals surface area contributed by atoms with Crippen LogP contribution in [-0.4, -0.2) is 0 Å². The van der Waals surface area contributed by atoms with Crippen LogP contribution in [0.3, 0.4) is 0 Å². The number of hydrogen-bond donors (Lipinski definition) is 2. The topological polar surface area (TPSA) is 38.0 Å². The molecule has 5 aromatic carbocycles. The van der Waals surface area contributed by atoms with Gasteiger partial charge in [-0.05, 0) is 86.7 Å². The van der Waals surface area contributed by atoms with E-state index in [1.807, 2.05) is 6.07 Å². The lowest BCUT2D eigenvalue weighted by Crippen LogP contribution is -2.45. The average Bonchev–Trinajstić information content (AvgIpc) is 3.87. The molecule has 8 rings (SSSR count). The maximum atomic E-state index is 7.50. The van der Waals surface area contributed by atoms with Crippen LogP contribution in [0, 0.1) is 0 Å². The zero-order chi connectivity index (χ0) is 29.6. The Kier molecular flexibility index (Phi) is 6.32. The van der Waals surface area contributed by atoms with Gasteiger partial charge < -0.3 is 11.1 Å². The van der Waals surface area contributed by atoms with Crippen molar-refractivity contribution in [1.82, 2.24) is 0 Å². The zero-order valence-corrected chi connectivity index (χ0v) is 24.6. The minimum absolute atomic E-state index is 0.389. The summed E-state index contributed by atoms with van der Waals surface area (Å²) in [5.41, 5.74) is 19.6. The Bertz CT molecular complexity index is 2000. The van der Waals surface area contributed by atoms with Gasteiger partial charge in [0.2, 0.25) is 0 Å². The summed E-state index contributed by atoms with van der Waals surface area (Å²) in [6.07, 6.45) is 15.2. The number of rotatable bonds is 7. The molecule has 0 bridgehead atoms. The first-order valence-corrected chi connectivity index (χ1v) is 15.4. The van der Waals surface area contributed by atoms with Gasteiger partial charge in [-0.3, -0.25) is 0 Å². The van der Waals surface area contributed by atoms with Crippen molar-refractivity contribution in [3.05, 3.63) is 203 Å². The molecule has 2 unspecified atom stereocenters. The second kappa shape index (κ2) is 10.5. The summed E-state index contributed by atoms with van der Waals surface area (Å²) in [5, 5.41) is 3.85. The van der Waals surface area contributed by atoms with E-state index < -0.39 is 5.66 Å². The summed E-state index contributed by atoms with van der Waals surface area (Å²) in [6.45, 7) is 0. The number of fused-ring (bicyclic) bond motifs is 3. The third kappa shape index (κ3) is 4.06. The van der Waals surface area contributed by atoms with Crippen LogP contribution >= 0.6 is 0 Å². The van der Waals surface area contributed by atoms with Crippen molar-refractivity contribution in [2.45, 2.75) is 23.9 Å². The Labute approximate surface area is 259 Å². The lowest BCUT2D eigenvalue weighted by Gasteiger charge is -2.36. The summed E-state index contributed by atoms with van der Waals surface area (Å²) >= 11 is 0. The second-order valence-electron chi connectivity index (χ2n) is 12.0. The van der Waals surface area contributed by atoms with E-state index in [1.54, 1.807) is 0 Å². The molecule has 3 aliphatic rings. The first kappa shape index (κ1) is 26.4. The van der Waals surface area contributed by atoms with Gasteiger partial charge in [-0.25, -0.2) is 0 Å². The number of anilines is 1. The van der Waals surface area contributed by atoms with Crippen LogP contribution in [0.25, 0.3) is 16.7 Å². The van der Waals surface area contributed by atoms with Crippen molar-refractivity contribution >= 4 is 11.3 Å². The molecular weight excluding hydrogens is 532 g/mol. The van der Waals surface area contributed by atoms with E-state index in [0.29, 0.717) is 0 Å². The Morgan fingerprint density at radius 1 is 0.591 bits per heavy atom. The molecule has 0 fully saturated rings. The van der Waals surface area contributed by atoms with Crippen LogP contribution in [0.4, 0.5) is 5.69 Å². The molecular formula is C42H34N2. The van der Waals surface area contributed by atoms with Crippen LogP contribution in [0.1, 0.15) is 46.2 Å². The van der Waals surface area contributed by atoms with Crippen molar-refractivity contribution < 1.29 is 0 Å². The zero-order valence-electron chi connectivity index (χ0n) is 24.6. The van der Waals surface area contributed by atoms with E-state index in [2.05, 4.69) is 163 Å². The van der Waals surface area contributed by atoms with Crippen molar-refractivity contribution in [2.24, 2.45) is 5.73 Å². The molecule has 2 heteroatoms. The highest BCUT2D eigenvalue weighted by Crippen LogP contribution is 2.58. The highest BCUT2D eigenvalue weighted by atomic mass is 15.1. The van der Waals surface area contributed by atoms with E-state index in [4.69, 9.17) is 5.73 Å². The molecule has 0 amide bonds. The molecule has 0 saturated heterocycles. The first-order chi connectivity index (χ1) is 21.7. The summed E-state index contributed by atoms with van der Waals surface area (Å²) in [7, 11) is 0. The molecule has 3 N–H and O–H groups in total. The van der Waals surface area contributed by atoms with E-state index in [-0.39, 0.29) is 5.41 Å². The standard InChI is InChI=1S/C42H34N2/c43-42(34-21-5-2-6-22-34,35-23-13-16-31(28-35)30-14-7-8-15-30)44-36-26-27-38-37-24-11-12-25-39(37)41(40(38)29-36,33-19-9-10-20-33)32-17-3-1-4-18-32/h1-14,16-19,21-29,44H,15,20,43H2. The van der Waals surface area contributed by atoms with Crippen LogP contribution in [0.15, 0.2) is 169 Å². The smallest absolute Gasteiger partial charge is 0.139 e. The second-order valence-corrected chi connectivity index (χ2v) is 12.0. The normalized spacial score (nSPS) is 19.2. The van der Waals surface area contributed by atoms with Crippen LogP contribution in [0.2, 0.25) is 0 Å². The van der Waals surface area contributed by atoms with Crippen molar-refractivity contribution in [3.8, 4) is 11.1 Å². The molecule has 44 heavy (non-hydrogen) atoms. The van der Waals surface area contributed by atoms with Gasteiger partial charge in [0, 0.05) is 5.69 Å². The number of nitrogens with one attached hydrogen (secondary N) is 1. The molecule has 0 radical (unpaired) electrons. The van der Waals surface area contributed by atoms with Crippen molar-refractivity contribution in [3.63, 3.8) is 0 Å². The van der Waals surface area contributed by atoms with Gasteiger partial charge in [0.1, 0.15) is 5.66 Å². The molecule has 212 valence electrons. The summed E-state index contributed by atoms with van der Waals surface area (Å²) in [6, 6.07) is 45.8. The third-order valence-electron chi connectivity index (χ3n) is 9.54. The fourth-order valence-electron chi connectivity index (χ4n) is 7.48. The van der Waals surface area contributed by atoms with Crippen LogP contribution < -0.4 is 11.1 Å². The van der Waals surface area contributed by atoms with Gasteiger partial charge in [-0.15, -0.1) is 0 Å².